The first-order chi connectivity index (χ1) is 9.78. The van der Waals surface area contributed by atoms with E-state index in [1.807, 2.05) is 6.92 Å². The summed E-state index contributed by atoms with van der Waals surface area (Å²) in [5.74, 6) is 1.82. The maximum atomic E-state index is 11.9. The summed E-state index contributed by atoms with van der Waals surface area (Å²) in [7, 11) is 0. The van der Waals surface area contributed by atoms with Gasteiger partial charge in [0.1, 0.15) is 22.9 Å². The number of hydrogen-bond donors (Lipinski definition) is 2. The zero-order chi connectivity index (χ0) is 15.6. The second-order valence-electron chi connectivity index (χ2n) is 5.48. The minimum atomic E-state index is -1.18. The molecule has 0 saturated carbocycles. The fourth-order valence-corrected chi connectivity index (χ4v) is 2.26. The van der Waals surface area contributed by atoms with Crippen molar-refractivity contribution in [2.24, 2.45) is 0 Å². The predicted octanol–water partition coefficient (Wildman–Crippen LogP) is 1.76. The first-order valence-corrected chi connectivity index (χ1v) is 6.77. The first kappa shape index (κ1) is 15.3. The molecule has 0 bridgehead atoms. The second kappa shape index (κ2) is 5.73. The van der Waals surface area contributed by atoms with E-state index in [9.17, 15) is 9.90 Å². The summed E-state index contributed by atoms with van der Waals surface area (Å²) in [6, 6.07) is 3.49. The zero-order valence-electron chi connectivity index (χ0n) is 12.7. The van der Waals surface area contributed by atoms with Gasteiger partial charge in [-0.2, -0.15) is 0 Å². The largest absolute Gasteiger partial charge is 0.466 e. The molecule has 1 amide bonds. The number of carbonyl (C=O) groups excluding carboxylic acids is 1. The minimum Gasteiger partial charge on any atom is -0.466 e. The lowest BCUT2D eigenvalue weighted by atomic mass is 9.96. The van der Waals surface area contributed by atoms with Crippen LogP contribution in [0.5, 0.6) is 0 Å². The smallest absolute Gasteiger partial charge is 0.226 e. The zero-order valence-corrected chi connectivity index (χ0v) is 12.7. The summed E-state index contributed by atoms with van der Waals surface area (Å²) in [6.45, 7) is 7.12. The van der Waals surface area contributed by atoms with Gasteiger partial charge in [0.15, 0.2) is 0 Å². The molecule has 2 rings (SSSR count). The molecule has 2 heterocycles. The van der Waals surface area contributed by atoms with E-state index in [1.54, 1.807) is 32.9 Å². The Kier molecular flexibility index (Phi) is 4.18. The molecular weight excluding hydrogens is 272 g/mol. The number of carbonyl (C=O) groups is 1. The molecule has 0 spiro atoms. The van der Waals surface area contributed by atoms with Crippen LogP contribution in [0.2, 0.25) is 0 Å². The number of hydrogen-bond acceptors (Lipinski definition) is 5. The summed E-state index contributed by atoms with van der Waals surface area (Å²) in [5.41, 5.74) is 0.0645. The summed E-state index contributed by atoms with van der Waals surface area (Å²) < 4.78 is 10.3. The number of aliphatic hydroxyl groups is 1. The van der Waals surface area contributed by atoms with Crippen molar-refractivity contribution in [2.45, 2.75) is 39.7 Å². The topological polar surface area (TPSA) is 88.5 Å². The lowest BCUT2D eigenvalue weighted by Crippen LogP contribution is -2.39. The lowest BCUT2D eigenvalue weighted by molar-refractivity contribution is -0.121. The molecule has 0 unspecified atom stereocenters. The molecule has 0 fully saturated rings. The highest BCUT2D eigenvalue weighted by Gasteiger charge is 2.28. The Balaban J connectivity index is 1.95. The molecular formula is C15H20N2O4. The van der Waals surface area contributed by atoms with Gasteiger partial charge in [-0.25, -0.2) is 0 Å². The lowest BCUT2D eigenvalue weighted by Gasteiger charge is -2.23. The average Bonchev–Trinajstić information content (AvgIpc) is 2.93. The molecule has 0 aliphatic rings. The fraction of sp³-hybridized carbons (Fsp3) is 0.467. The van der Waals surface area contributed by atoms with Crippen LogP contribution in [0.1, 0.15) is 35.5 Å². The third kappa shape index (κ3) is 3.72. The summed E-state index contributed by atoms with van der Waals surface area (Å²) in [5, 5.41) is 17.0. The van der Waals surface area contributed by atoms with Crippen LogP contribution in [-0.4, -0.2) is 22.7 Å². The normalized spacial score (nSPS) is 14.0. The van der Waals surface area contributed by atoms with Gasteiger partial charge in [-0.05, 0) is 33.8 Å². The van der Waals surface area contributed by atoms with E-state index in [1.165, 1.54) is 0 Å². The van der Waals surface area contributed by atoms with Crippen LogP contribution in [0, 0.1) is 20.8 Å². The number of nitrogens with one attached hydrogen (secondary N) is 1. The number of rotatable bonds is 5. The van der Waals surface area contributed by atoms with E-state index in [0.717, 1.165) is 5.76 Å². The van der Waals surface area contributed by atoms with Crippen molar-refractivity contribution in [3.63, 3.8) is 0 Å². The number of aromatic nitrogens is 1. The first-order valence-electron chi connectivity index (χ1n) is 6.77. The van der Waals surface area contributed by atoms with Crippen molar-refractivity contribution >= 4 is 5.91 Å². The maximum Gasteiger partial charge on any atom is 0.226 e. The van der Waals surface area contributed by atoms with Crippen LogP contribution < -0.4 is 5.32 Å². The van der Waals surface area contributed by atoms with Crippen LogP contribution in [0.25, 0.3) is 0 Å². The molecule has 0 aliphatic heterocycles. The third-order valence-corrected chi connectivity index (χ3v) is 3.27. The summed E-state index contributed by atoms with van der Waals surface area (Å²) in [4.78, 5) is 11.9. The van der Waals surface area contributed by atoms with Crippen molar-refractivity contribution in [3.05, 3.63) is 40.7 Å². The van der Waals surface area contributed by atoms with Gasteiger partial charge in [-0.1, -0.05) is 5.16 Å². The predicted molar refractivity (Wildman–Crippen MR) is 75.7 cm³/mol. The molecule has 2 aromatic rings. The monoisotopic (exact) mass is 292 g/mol. The molecule has 0 saturated heterocycles. The molecule has 0 radical (unpaired) electrons. The SMILES string of the molecule is Cc1cc(CC(=O)NC[C@](C)(O)c2cc(C)oc2C)no1. The maximum absolute atomic E-state index is 11.9. The standard InChI is InChI=1S/C15H20N2O4/c1-9-6-13(11(3)20-9)15(4,19)8-16-14(18)7-12-5-10(2)21-17-12/h5-6,19H,7-8H2,1-4H3,(H,16,18)/t15-/m0/s1. The molecule has 0 aliphatic carbocycles. The third-order valence-electron chi connectivity index (χ3n) is 3.27. The highest BCUT2D eigenvalue weighted by Crippen LogP contribution is 2.26. The Morgan fingerprint density at radius 2 is 2.05 bits per heavy atom. The molecule has 6 nitrogen and oxygen atoms in total. The molecule has 2 N–H and O–H groups in total. The van der Waals surface area contributed by atoms with Crippen molar-refractivity contribution in [1.82, 2.24) is 10.5 Å². The van der Waals surface area contributed by atoms with Gasteiger partial charge in [0, 0.05) is 11.6 Å². The van der Waals surface area contributed by atoms with Gasteiger partial charge in [0.25, 0.3) is 0 Å². The average molecular weight is 292 g/mol. The Morgan fingerprint density at radius 3 is 2.57 bits per heavy atom. The summed E-state index contributed by atoms with van der Waals surface area (Å²) >= 11 is 0. The highest BCUT2D eigenvalue weighted by molar-refractivity contribution is 5.78. The molecule has 21 heavy (non-hydrogen) atoms. The van der Waals surface area contributed by atoms with Crippen molar-refractivity contribution in [2.75, 3.05) is 6.54 Å². The molecule has 6 heteroatoms. The van der Waals surface area contributed by atoms with Crippen molar-refractivity contribution in [1.29, 1.82) is 0 Å². The van der Waals surface area contributed by atoms with Gasteiger partial charge < -0.3 is 19.4 Å². The second-order valence-corrected chi connectivity index (χ2v) is 5.48. The highest BCUT2D eigenvalue weighted by atomic mass is 16.5. The Labute approximate surface area is 123 Å². The molecule has 2 aromatic heterocycles. The van der Waals surface area contributed by atoms with Gasteiger partial charge >= 0.3 is 0 Å². The Bertz CT molecular complexity index is 640. The van der Waals surface area contributed by atoms with Crippen molar-refractivity contribution in [3.8, 4) is 0 Å². The van der Waals surface area contributed by atoms with E-state index < -0.39 is 5.60 Å². The van der Waals surface area contributed by atoms with Gasteiger partial charge in [-0.15, -0.1) is 0 Å². The Hall–Kier alpha value is -2.08. The Morgan fingerprint density at radius 1 is 1.33 bits per heavy atom. The van der Waals surface area contributed by atoms with E-state index in [4.69, 9.17) is 8.94 Å². The molecule has 1 atom stereocenters. The van der Waals surface area contributed by atoms with E-state index in [-0.39, 0.29) is 18.9 Å². The number of aryl methyl sites for hydroxylation is 3. The minimum absolute atomic E-state index is 0.0997. The van der Waals surface area contributed by atoms with Crippen LogP contribution in [0.3, 0.4) is 0 Å². The quantitative estimate of drug-likeness (QED) is 0.876. The summed E-state index contributed by atoms with van der Waals surface area (Å²) in [6.07, 6.45) is 0.122. The molecule has 0 aromatic carbocycles. The fourth-order valence-electron chi connectivity index (χ4n) is 2.26. The van der Waals surface area contributed by atoms with Crippen molar-refractivity contribution < 1.29 is 18.8 Å². The number of amides is 1. The number of furan rings is 1. The van der Waals surface area contributed by atoms with E-state index in [0.29, 0.717) is 22.8 Å². The van der Waals surface area contributed by atoms with Crippen LogP contribution >= 0.6 is 0 Å². The van der Waals surface area contributed by atoms with Crippen LogP contribution in [0.15, 0.2) is 21.1 Å². The van der Waals surface area contributed by atoms with Gasteiger partial charge in [0.05, 0.1) is 18.7 Å². The van der Waals surface area contributed by atoms with Crippen LogP contribution in [-0.2, 0) is 16.8 Å². The molecule has 114 valence electrons. The van der Waals surface area contributed by atoms with Crippen LogP contribution in [0.4, 0.5) is 0 Å². The number of nitrogens with zero attached hydrogens (tertiary/aromatic N) is 1. The van der Waals surface area contributed by atoms with E-state index >= 15 is 0 Å². The van der Waals surface area contributed by atoms with Gasteiger partial charge in [0.2, 0.25) is 5.91 Å². The van der Waals surface area contributed by atoms with Gasteiger partial charge in [-0.3, -0.25) is 4.79 Å². The van der Waals surface area contributed by atoms with E-state index in [2.05, 4.69) is 10.5 Å².